The topological polar surface area (TPSA) is 71.5 Å². The molecule has 2 amide bonds. The van der Waals surface area contributed by atoms with Crippen molar-refractivity contribution in [2.24, 2.45) is 0 Å². The van der Waals surface area contributed by atoms with E-state index in [1.807, 2.05) is 25.3 Å². The maximum Gasteiger partial charge on any atom is 0.337 e. The predicted octanol–water partition coefficient (Wildman–Crippen LogP) is 3.40. The normalized spacial score (nSPS) is 10.2. The first-order valence-electron chi connectivity index (χ1n) is 8.09. The van der Waals surface area contributed by atoms with Gasteiger partial charge in [0.05, 0.1) is 24.9 Å². The number of benzene rings is 1. The highest BCUT2D eigenvalue weighted by atomic mass is 16.5. The molecule has 2 aromatic rings. The number of carbonyl (C=O) groups excluding carboxylic acids is 2. The summed E-state index contributed by atoms with van der Waals surface area (Å²) < 4.78 is 4.71. The zero-order chi connectivity index (χ0) is 18.4. The van der Waals surface area contributed by atoms with Gasteiger partial charge in [-0.05, 0) is 42.7 Å². The number of rotatable bonds is 5. The summed E-state index contributed by atoms with van der Waals surface area (Å²) in [6.07, 6.45) is 2.75. The van der Waals surface area contributed by atoms with Crippen molar-refractivity contribution in [3.05, 3.63) is 58.9 Å². The summed E-state index contributed by atoms with van der Waals surface area (Å²) in [6, 6.07) is 8.71. The monoisotopic (exact) mass is 341 g/mol. The van der Waals surface area contributed by atoms with Crippen LogP contribution in [0.25, 0.3) is 0 Å². The Kier molecular flexibility index (Phi) is 6.11. The van der Waals surface area contributed by atoms with Crippen molar-refractivity contribution in [2.75, 3.05) is 19.5 Å². The van der Waals surface area contributed by atoms with Gasteiger partial charge < -0.3 is 15.0 Å². The van der Waals surface area contributed by atoms with Gasteiger partial charge in [-0.15, -0.1) is 0 Å². The van der Waals surface area contributed by atoms with Crippen LogP contribution in [0, 0.1) is 6.92 Å². The van der Waals surface area contributed by atoms with Crippen LogP contribution in [-0.4, -0.2) is 36.0 Å². The molecule has 0 aliphatic carbocycles. The van der Waals surface area contributed by atoms with Gasteiger partial charge in [-0.3, -0.25) is 4.98 Å². The molecular formula is C19H23N3O3. The Bertz CT molecular complexity index is 757. The lowest BCUT2D eigenvalue weighted by Gasteiger charge is -2.19. The van der Waals surface area contributed by atoms with Crippen molar-refractivity contribution in [3.8, 4) is 0 Å². The number of aromatic nitrogens is 1. The standard InChI is InChI=1S/C19H23N3O3/c1-5-14-7-9-16(20-11-14)12-22(3)19(24)21-17-10-15(18(23)25-4)8-6-13(17)2/h6-11H,5,12H2,1-4H3,(H,21,24). The fraction of sp³-hybridized carbons (Fsp3) is 0.316. The molecule has 0 bridgehead atoms. The first kappa shape index (κ1) is 18.4. The maximum absolute atomic E-state index is 12.4. The van der Waals surface area contributed by atoms with E-state index in [-0.39, 0.29) is 6.03 Å². The quantitative estimate of drug-likeness (QED) is 0.846. The van der Waals surface area contributed by atoms with E-state index in [4.69, 9.17) is 4.74 Å². The zero-order valence-electron chi connectivity index (χ0n) is 15.0. The van der Waals surface area contributed by atoms with E-state index in [0.29, 0.717) is 17.8 Å². The lowest BCUT2D eigenvalue weighted by atomic mass is 10.1. The summed E-state index contributed by atoms with van der Waals surface area (Å²) >= 11 is 0. The van der Waals surface area contributed by atoms with Crippen LogP contribution < -0.4 is 5.32 Å². The molecule has 1 aromatic carbocycles. The highest BCUT2D eigenvalue weighted by Crippen LogP contribution is 2.18. The molecule has 0 fully saturated rings. The number of urea groups is 1. The summed E-state index contributed by atoms with van der Waals surface area (Å²) in [4.78, 5) is 30.0. The second kappa shape index (κ2) is 8.28. The van der Waals surface area contributed by atoms with E-state index >= 15 is 0 Å². The van der Waals surface area contributed by atoms with E-state index in [9.17, 15) is 9.59 Å². The number of esters is 1. The van der Waals surface area contributed by atoms with Crippen LogP contribution in [0.5, 0.6) is 0 Å². The molecule has 1 heterocycles. The van der Waals surface area contributed by atoms with Crippen molar-refractivity contribution in [1.29, 1.82) is 0 Å². The van der Waals surface area contributed by atoms with Crippen LogP contribution in [0.1, 0.15) is 34.1 Å². The number of amides is 2. The molecule has 0 aliphatic rings. The van der Waals surface area contributed by atoms with Gasteiger partial charge in [0.25, 0.3) is 0 Å². The highest BCUT2D eigenvalue weighted by Gasteiger charge is 2.13. The van der Waals surface area contributed by atoms with Gasteiger partial charge in [0, 0.05) is 18.9 Å². The van der Waals surface area contributed by atoms with E-state index in [1.165, 1.54) is 12.0 Å². The van der Waals surface area contributed by atoms with Gasteiger partial charge in [-0.2, -0.15) is 0 Å². The molecule has 132 valence electrons. The van der Waals surface area contributed by atoms with Crippen molar-refractivity contribution in [1.82, 2.24) is 9.88 Å². The number of hydrogen-bond donors (Lipinski definition) is 1. The van der Waals surface area contributed by atoms with E-state index in [0.717, 1.165) is 23.2 Å². The molecular weight excluding hydrogens is 318 g/mol. The Morgan fingerprint density at radius 1 is 1.24 bits per heavy atom. The molecule has 25 heavy (non-hydrogen) atoms. The van der Waals surface area contributed by atoms with Crippen molar-refractivity contribution < 1.29 is 14.3 Å². The van der Waals surface area contributed by atoms with Gasteiger partial charge in [0.2, 0.25) is 0 Å². The summed E-state index contributed by atoms with van der Waals surface area (Å²) in [5.74, 6) is -0.441. The zero-order valence-corrected chi connectivity index (χ0v) is 15.0. The molecule has 0 spiro atoms. The van der Waals surface area contributed by atoms with Gasteiger partial charge in [-0.25, -0.2) is 9.59 Å². The van der Waals surface area contributed by atoms with E-state index < -0.39 is 5.97 Å². The smallest absolute Gasteiger partial charge is 0.337 e. The van der Waals surface area contributed by atoms with Crippen LogP contribution in [0.3, 0.4) is 0 Å². The van der Waals surface area contributed by atoms with Crippen LogP contribution >= 0.6 is 0 Å². The summed E-state index contributed by atoms with van der Waals surface area (Å²) in [6.45, 7) is 4.33. The highest BCUT2D eigenvalue weighted by molar-refractivity contribution is 5.94. The fourth-order valence-electron chi connectivity index (χ4n) is 2.28. The number of pyridine rings is 1. The summed E-state index contributed by atoms with van der Waals surface area (Å²) in [5.41, 5.74) is 3.80. The van der Waals surface area contributed by atoms with Crippen LogP contribution in [-0.2, 0) is 17.7 Å². The Morgan fingerprint density at radius 3 is 2.60 bits per heavy atom. The third-order valence-corrected chi connectivity index (χ3v) is 3.94. The minimum atomic E-state index is -0.441. The predicted molar refractivity (Wildman–Crippen MR) is 96.6 cm³/mol. The number of nitrogens with zero attached hydrogens (tertiary/aromatic N) is 2. The van der Waals surface area contributed by atoms with Gasteiger partial charge in [0.15, 0.2) is 0 Å². The molecule has 0 unspecified atom stereocenters. The van der Waals surface area contributed by atoms with Crippen LogP contribution in [0.4, 0.5) is 10.5 Å². The molecule has 0 aliphatic heterocycles. The lowest BCUT2D eigenvalue weighted by Crippen LogP contribution is -2.31. The Balaban J connectivity index is 2.06. The first-order chi connectivity index (χ1) is 11.9. The summed E-state index contributed by atoms with van der Waals surface area (Å²) in [7, 11) is 3.02. The third-order valence-electron chi connectivity index (χ3n) is 3.94. The average molecular weight is 341 g/mol. The fourth-order valence-corrected chi connectivity index (χ4v) is 2.28. The van der Waals surface area contributed by atoms with E-state index in [1.54, 1.807) is 25.2 Å². The van der Waals surface area contributed by atoms with Crippen molar-refractivity contribution in [3.63, 3.8) is 0 Å². The number of hydrogen-bond acceptors (Lipinski definition) is 4. The third kappa shape index (κ3) is 4.79. The maximum atomic E-state index is 12.4. The SMILES string of the molecule is CCc1ccc(CN(C)C(=O)Nc2cc(C(=O)OC)ccc2C)nc1. The Labute approximate surface area is 147 Å². The second-order valence-electron chi connectivity index (χ2n) is 5.82. The molecule has 6 nitrogen and oxygen atoms in total. The molecule has 1 N–H and O–H groups in total. The van der Waals surface area contributed by atoms with Gasteiger partial charge >= 0.3 is 12.0 Å². The van der Waals surface area contributed by atoms with Crippen LogP contribution in [0.15, 0.2) is 36.5 Å². The number of carbonyl (C=O) groups is 2. The Hall–Kier alpha value is -2.89. The molecule has 0 radical (unpaired) electrons. The van der Waals surface area contributed by atoms with Gasteiger partial charge in [0.1, 0.15) is 0 Å². The number of aryl methyl sites for hydroxylation is 2. The Morgan fingerprint density at radius 2 is 2.00 bits per heavy atom. The largest absolute Gasteiger partial charge is 0.465 e. The van der Waals surface area contributed by atoms with Crippen molar-refractivity contribution >= 4 is 17.7 Å². The number of anilines is 1. The molecule has 2 rings (SSSR count). The summed E-state index contributed by atoms with van der Waals surface area (Å²) in [5, 5.41) is 2.82. The molecule has 6 heteroatoms. The van der Waals surface area contributed by atoms with Gasteiger partial charge in [-0.1, -0.05) is 19.1 Å². The van der Waals surface area contributed by atoms with Crippen LogP contribution in [0.2, 0.25) is 0 Å². The first-order valence-corrected chi connectivity index (χ1v) is 8.09. The molecule has 0 saturated carbocycles. The minimum absolute atomic E-state index is 0.272. The second-order valence-corrected chi connectivity index (χ2v) is 5.82. The molecule has 1 aromatic heterocycles. The number of ether oxygens (including phenoxy) is 1. The lowest BCUT2D eigenvalue weighted by molar-refractivity contribution is 0.0600. The van der Waals surface area contributed by atoms with E-state index in [2.05, 4.69) is 17.2 Å². The number of nitrogens with one attached hydrogen (secondary N) is 1. The minimum Gasteiger partial charge on any atom is -0.465 e. The molecule has 0 saturated heterocycles. The van der Waals surface area contributed by atoms with Crippen molar-refractivity contribution in [2.45, 2.75) is 26.8 Å². The molecule has 0 atom stereocenters. The number of methoxy groups -OCH3 is 1. The average Bonchev–Trinajstić information content (AvgIpc) is 2.63.